The Bertz CT molecular complexity index is 838. The Hall–Kier alpha value is -2.88. The van der Waals surface area contributed by atoms with Crippen LogP contribution in [0.2, 0.25) is 0 Å². The molecular weight excluding hydrogens is 328 g/mol. The standard InChI is InChI=1S/C22H22O4/c1-25-18-10-11-19-17(15-18)12-14-22(20(19)23,21(24)26-2)13-6-9-16-7-4-3-5-8-16/h3-11,15H,12-14H2,1-2H3/b9-6-. The summed E-state index contributed by atoms with van der Waals surface area (Å²) in [6.07, 6.45) is 5.20. The Kier molecular flexibility index (Phi) is 5.21. The predicted octanol–water partition coefficient (Wildman–Crippen LogP) is 4.09. The number of rotatable bonds is 5. The molecule has 0 radical (unpaired) electrons. The molecule has 0 fully saturated rings. The third-order valence-electron chi connectivity index (χ3n) is 4.97. The van der Waals surface area contributed by atoms with Crippen LogP contribution < -0.4 is 4.74 Å². The van der Waals surface area contributed by atoms with Crippen molar-refractivity contribution in [3.8, 4) is 5.75 Å². The number of allylic oxidation sites excluding steroid dienone is 1. The lowest BCUT2D eigenvalue weighted by molar-refractivity contribution is -0.150. The third-order valence-corrected chi connectivity index (χ3v) is 4.97. The van der Waals surface area contributed by atoms with Crippen LogP contribution in [0, 0.1) is 5.41 Å². The van der Waals surface area contributed by atoms with Gasteiger partial charge in [0.25, 0.3) is 0 Å². The second-order valence-electron chi connectivity index (χ2n) is 6.44. The summed E-state index contributed by atoms with van der Waals surface area (Å²) in [7, 11) is 2.93. The molecule has 4 heteroatoms. The molecule has 0 saturated heterocycles. The van der Waals surface area contributed by atoms with Crippen molar-refractivity contribution in [2.45, 2.75) is 19.3 Å². The molecular formula is C22H22O4. The number of hydrogen-bond acceptors (Lipinski definition) is 4. The number of benzene rings is 2. The first kappa shape index (κ1) is 17.9. The van der Waals surface area contributed by atoms with Crippen LogP contribution >= 0.6 is 0 Å². The number of hydrogen-bond donors (Lipinski definition) is 0. The zero-order valence-corrected chi connectivity index (χ0v) is 15.0. The van der Waals surface area contributed by atoms with Gasteiger partial charge in [0.1, 0.15) is 11.2 Å². The van der Waals surface area contributed by atoms with E-state index in [-0.39, 0.29) is 5.78 Å². The van der Waals surface area contributed by atoms with Crippen LogP contribution in [0.4, 0.5) is 0 Å². The van der Waals surface area contributed by atoms with Gasteiger partial charge in [-0.05, 0) is 48.6 Å². The Morgan fingerprint density at radius 2 is 1.92 bits per heavy atom. The quantitative estimate of drug-likeness (QED) is 0.602. The van der Waals surface area contributed by atoms with E-state index < -0.39 is 11.4 Å². The number of carbonyl (C=O) groups excluding carboxylic acids is 2. The van der Waals surface area contributed by atoms with Crippen molar-refractivity contribution in [2.75, 3.05) is 14.2 Å². The fourth-order valence-electron chi connectivity index (χ4n) is 3.47. The zero-order valence-electron chi connectivity index (χ0n) is 15.0. The maximum Gasteiger partial charge on any atom is 0.320 e. The molecule has 0 heterocycles. The lowest BCUT2D eigenvalue weighted by atomic mass is 9.68. The summed E-state index contributed by atoms with van der Waals surface area (Å²) >= 11 is 0. The van der Waals surface area contributed by atoms with Crippen molar-refractivity contribution in [1.29, 1.82) is 0 Å². The number of methoxy groups -OCH3 is 2. The summed E-state index contributed by atoms with van der Waals surface area (Å²) in [6.45, 7) is 0. The van der Waals surface area contributed by atoms with Crippen LogP contribution in [-0.4, -0.2) is 26.0 Å². The summed E-state index contributed by atoms with van der Waals surface area (Å²) in [5, 5.41) is 0. The second-order valence-corrected chi connectivity index (χ2v) is 6.44. The Labute approximate surface area is 153 Å². The molecule has 3 rings (SSSR count). The predicted molar refractivity (Wildman–Crippen MR) is 100 cm³/mol. The third kappa shape index (κ3) is 3.27. The zero-order chi connectivity index (χ0) is 18.6. The number of esters is 1. The number of carbonyl (C=O) groups is 2. The van der Waals surface area contributed by atoms with Crippen molar-refractivity contribution in [3.63, 3.8) is 0 Å². The van der Waals surface area contributed by atoms with Crippen LogP contribution in [0.1, 0.15) is 34.3 Å². The maximum absolute atomic E-state index is 13.2. The molecule has 134 valence electrons. The average molecular weight is 350 g/mol. The topological polar surface area (TPSA) is 52.6 Å². The molecule has 1 atom stereocenters. The molecule has 0 spiro atoms. The molecule has 0 amide bonds. The Morgan fingerprint density at radius 1 is 1.15 bits per heavy atom. The van der Waals surface area contributed by atoms with Crippen molar-refractivity contribution in [1.82, 2.24) is 0 Å². The van der Waals surface area contributed by atoms with Crippen LogP contribution in [0.3, 0.4) is 0 Å². The lowest BCUT2D eigenvalue weighted by Gasteiger charge is -2.33. The molecule has 0 aliphatic heterocycles. The van der Waals surface area contributed by atoms with E-state index in [1.54, 1.807) is 19.2 Å². The van der Waals surface area contributed by atoms with Gasteiger partial charge in [0.15, 0.2) is 5.78 Å². The van der Waals surface area contributed by atoms with Crippen LogP contribution in [0.15, 0.2) is 54.6 Å². The van der Waals surface area contributed by atoms with Gasteiger partial charge >= 0.3 is 5.97 Å². The van der Waals surface area contributed by atoms with Crippen LogP contribution in [0.25, 0.3) is 6.08 Å². The molecule has 0 N–H and O–H groups in total. The van der Waals surface area contributed by atoms with Crippen molar-refractivity contribution in [3.05, 3.63) is 71.3 Å². The van der Waals surface area contributed by atoms with Gasteiger partial charge in [0.05, 0.1) is 14.2 Å². The van der Waals surface area contributed by atoms with Crippen molar-refractivity contribution >= 4 is 17.8 Å². The molecule has 26 heavy (non-hydrogen) atoms. The van der Waals surface area contributed by atoms with E-state index in [9.17, 15) is 9.59 Å². The highest BCUT2D eigenvalue weighted by Gasteiger charge is 2.48. The summed E-state index contributed by atoms with van der Waals surface area (Å²) < 4.78 is 10.2. The minimum Gasteiger partial charge on any atom is -0.497 e. The van der Waals surface area contributed by atoms with Gasteiger partial charge in [-0.15, -0.1) is 0 Å². The number of aryl methyl sites for hydroxylation is 1. The highest BCUT2D eigenvalue weighted by molar-refractivity contribution is 6.14. The molecule has 0 aromatic heterocycles. The van der Waals surface area contributed by atoms with Crippen molar-refractivity contribution in [2.24, 2.45) is 5.41 Å². The first-order valence-corrected chi connectivity index (χ1v) is 8.62. The van der Waals surface area contributed by atoms with Gasteiger partial charge in [0.2, 0.25) is 0 Å². The van der Waals surface area contributed by atoms with E-state index in [1.165, 1.54) is 7.11 Å². The van der Waals surface area contributed by atoms with E-state index in [0.29, 0.717) is 30.6 Å². The van der Waals surface area contributed by atoms with Crippen molar-refractivity contribution < 1.29 is 19.1 Å². The van der Waals surface area contributed by atoms with Crippen LogP contribution in [-0.2, 0) is 16.0 Å². The van der Waals surface area contributed by atoms with E-state index in [4.69, 9.17) is 9.47 Å². The molecule has 1 aliphatic carbocycles. The lowest BCUT2D eigenvalue weighted by Crippen LogP contribution is -2.43. The van der Waals surface area contributed by atoms with Gasteiger partial charge in [-0.25, -0.2) is 0 Å². The molecule has 2 aromatic rings. The molecule has 4 nitrogen and oxygen atoms in total. The number of ether oxygens (including phenoxy) is 2. The largest absolute Gasteiger partial charge is 0.497 e. The minimum atomic E-state index is -1.17. The monoisotopic (exact) mass is 350 g/mol. The van der Waals surface area contributed by atoms with Gasteiger partial charge in [0, 0.05) is 5.56 Å². The molecule has 2 aromatic carbocycles. The fourth-order valence-corrected chi connectivity index (χ4v) is 3.47. The first-order chi connectivity index (χ1) is 12.6. The second kappa shape index (κ2) is 7.56. The molecule has 0 saturated carbocycles. The molecule has 1 unspecified atom stereocenters. The Morgan fingerprint density at radius 3 is 2.62 bits per heavy atom. The summed E-state index contributed by atoms with van der Waals surface area (Å²) in [4.78, 5) is 25.8. The van der Waals surface area contributed by atoms with E-state index in [2.05, 4.69) is 0 Å². The normalized spacial score (nSPS) is 19.2. The summed E-state index contributed by atoms with van der Waals surface area (Å²) in [5.41, 5.74) is 1.36. The van der Waals surface area contributed by atoms with Crippen LogP contribution in [0.5, 0.6) is 5.75 Å². The SMILES string of the molecule is COC(=O)C1(C/C=C\c2ccccc2)CCc2cc(OC)ccc2C1=O. The molecule has 0 bridgehead atoms. The summed E-state index contributed by atoms with van der Waals surface area (Å²) in [6, 6.07) is 15.2. The maximum atomic E-state index is 13.2. The smallest absolute Gasteiger partial charge is 0.320 e. The molecule has 1 aliphatic rings. The van der Waals surface area contributed by atoms with Gasteiger partial charge in [-0.3, -0.25) is 9.59 Å². The van der Waals surface area contributed by atoms with E-state index in [0.717, 1.165) is 11.1 Å². The van der Waals surface area contributed by atoms with Gasteiger partial charge in [-0.2, -0.15) is 0 Å². The Balaban J connectivity index is 1.92. The fraction of sp³-hybridized carbons (Fsp3) is 0.273. The van der Waals surface area contributed by atoms with E-state index >= 15 is 0 Å². The average Bonchev–Trinajstić information content (AvgIpc) is 2.69. The minimum absolute atomic E-state index is 0.175. The highest BCUT2D eigenvalue weighted by Crippen LogP contribution is 2.41. The number of Topliss-reactive ketones (excluding diaryl/α,β-unsaturated/α-hetero) is 1. The number of ketones is 1. The van der Waals surface area contributed by atoms with Gasteiger partial charge in [-0.1, -0.05) is 42.5 Å². The first-order valence-electron chi connectivity index (χ1n) is 8.62. The number of fused-ring (bicyclic) bond motifs is 1. The van der Waals surface area contributed by atoms with E-state index in [1.807, 2.05) is 48.6 Å². The summed E-state index contributed by atoms with van der Waals surface area (Å²) in [5.74, 6) is 0.0683. The van der Waals surface area contributed by atoms with Gasteiger partial charge < -0.3 is 9.47 Å². The highest BCUT2D eigenvalue weighted by atomic mass is 16.5.